The van der Waals surface area contributed by atoms with Crippen LogP contribution in [0.25, 0.3) is 0 Å². The molecule has 0 aromatic carbocycles. The van der Waals surface area contributed by atoms with Crippen molar-refractivity contribution in [1.29, 1.82) is 0 Å². The van der Waals surface area contributed by atoms with Gasteiger partial charge in [0.25, 0.3) is 0 Å². The summed E-state index contributed by atoms with van der Waals surface area (Å²) in [6.07, 6.45) is 2.57. The Kier molecular flexibility index (Phi) is 5.51. The smallest absolute Gasteiger partial charge is 0.0598 e. The van der Waals surface area contributed by atoms with E-state index >= 15 is 0 Å². The van der Waals surface area contributed by atoms with Crippen molar-refractivity contribution in [3.05, 3.63) is 17.5 Å². The fourth-order valence-corrected chi connectivity index (χ4v) is 2.88. The molecule has 0 amide bonds. The van der Waals surface area contributed by atoms with E-state index in [4.69, 9.17) is 0 Å². The van der Waals surface area contributed by atoms with Crippen molar-refractivity contribution in [2.75, 3.05) is 12.8 Å². The normalized spacial score (nSPS) is 13.1. The number of nitrogens with one attached hydrogen (secondary N) is 1. The highest BCUT2D eigenvalue weighted by Crippen LogP contribution is 2.24. The summed E-state index contributed by atoms with van der Waals surface area (Å²) in [7, 11) is 2.02. The molecule has 1 heterocycles. The third-order valence-corrected chi connectivity index (χ3v) is 4.23. The Labute approximate surface area is 88.9 Å². The maximum absolute atomic E-state index is 3.25. The van der Waals surface area contributed by atoms with Gasteiger partial charge in [-0.25, -0.2) is 0 Å². The van der Waals surface area contributed by atoms with E-state index in [2.05, 4.69) is 29.8 Å². The lowest BCUT2D eigenvalue weighted by Gasteiger charge is -2.08. The Balaban J connectivity index is 2.02. The molecule has 1 aromatic rings. The molecule has 1 N–H and O–H groups in total. The molecule has 0 radical (unpaired) electrons. The standard InChI is InChI=1S/C10H17NS2/c1-9(11-2)5-3-7-12-10-6-4-8-13-10/h4,6,8-9,11H,3,5,7H2,1-2H3. The van der Waals surface area contributed by atoms with Gasteiger partial charge in [-0.1, -0.05) is 6.07 Å². The molecule has 0 aliphatic heterocycles. The van der Waals surface area contributed by atoms with E-state index in [0.717, 1.165) is 0 Å². The van der Waals surface area contributed by atoms with Gasteiger partial charge in [0.1, 0.15) is 0 Å². The number of thioether (sulfide) groups is 1. The number of hydrogen-bond acceptors (Lipinski definition) is 3. The van der Waals surface area contributed by atoms with E-state index in [1.54, 1.807) is 0 Å². The van der Waals surface area contributed by atoms with Crippen molar-refractivity contribution in [3.8, 4) is 0 Å². The van der Waals surface area contributed by atoms with Crippen molar-refractivity contribution in [2.45, 2.75) is 30.0 Å². The average molecular weight is 215 g/mol. The van der Waals surface area contributed by atoms with Gasteiger partial charge in [-0.15, -0.1) is 23.1 Å². The fraction of sp³-hybridized carbons (Fsp3) is 0.600. The van der Waals surface area contributed by atoms with Crippen molar-refractivity contribution in [1.82, 2.24) is 5.32 Å². The zero-order chi connectivity index (χ0) is 9.52. The molecule has 3 heteroatoms. The van der Waals surface area contributed by atoms with Gasteiger partial charge in [-0.3, -0.25) is 0 Å². The SMILES string of the molecule is CNC(C)CCCSc1cccs1. The topological polar surface area (TPSA) is 12.0 Å². The summed E-state index contributed by atoms with van der Waals surface area (Å²) >= 11 is 3.81. The Bertz CT molecular complexity index is 209. The average Bonchev–Trinajstić information content (AvgIpc) is 2.64. The highest BCUT2D eigenvalue weighted by Gasteiger charge is 1.98. The summed E-state index contributed by atoms with van der Waals surface area (Å²) in [5, 5.41) is 5.39. The third-order valence-electron chi connectivity index (χ3n) is 2.01. The lowest BCUT2D eigenvalue weighted by molar-refractivity contribution is 0.559. The van der Waals surface area contributed by atoms with Crippen LogP contribution in [0.1, 0.15) is 19.8 Å². The highest BCUT2D eigenvalue weighted by molar-refractivity contribution is 8.01. The predicted molar refractivity (Wildman–Crippen MR) is 62.8 cm³/mol. The van der Waals surface area contributed by atoms with Crippen LogP contribution in [0.3, 0.4) is 0 Å². The second-order valence-electron chi connectivity index (χ2n) is 3.11. The number of rotatable bonds is 6. The molecular weight excluding hydrogens is 198 g/mol. The van der Waals surface area contributed by atoms with E-state index < -0.39 is 0 Å². The van der Waals surface area contributed by atoms with Crippen molar-refractivity contribution in [2.24, 2.45) is 0 Å². The summed E-state index contributed by atoms with van der Waals surface area (Å²) in [4.78, 5) is 0. The summed E-state index contributed by atoms with van der Waals surface area (Å²) in [5.74, 6) is 1.24. The Morgan fingerprint density at radius 1 is 1.62 bits per heavy atom. The minimum atomic E-state index is 0.656. The Hall–Kier alpha value is 0.01000. The lowest BCUT2D eigenvalue weighted by atomic mass is 10.2. The van der Waals surface area contributed by atoms with Crippen molar-refractivity contribution in [3.63, 3.8) is 0 Å². The molecule has 0 fully saturated rings. The first-order valence-corrected chi connectivity index (χ1v) is 6.53. The molecule has 1 nitrogen and oxygen atoms in total. The zero-order valence-corrected chi connectivity index (χ0v) is 9.88. The molecular formula is C10H17NS2. The van der Waals surface area contributed by atoms with Gasteiger partial charge < -0.3 is 5.32 Å². The van der Waals surface area contributed by atoms with Gasteiger partial charge in [-0.05, 0) is 44.0 Å². The molecule has 1 atom stereocenters. The van der Waals surface area contributed by atoms with Crippen LogP contribution in [0.15, 0.2) is 21.7 Å². The second-order valence-corrected chi connectivity index (χ2v) is 5.46. The maximum Gasteiger partial charge on any atom is 0.0598 e. The molecule has 1 aromatic heterocycles. The van der Waals surface area contributed by atoms with Crippen LogP contribution in [-0.4, -0.2) is 18.8 Å². The van der Waals surface area contributed by atoms with E-state index in [0.29, 0.717) is 6.04 Å². The molecule has 13 heavy (non-hydrogen) atoms. The van der Waals surface area contributed by atoms with E-state index in [9.17, 15) is 0 Å². The van der Waals surface area contributed by atoms with Crippen LogP contribution in [0, 0.1) is 0 Å². The van der Waals surface area contributed by atoms with Gasteiger partial charge in [0.2, 0.25) is 0 Å². The predicted octanol–water partition coefficient (Wildman–Crippen LogP) is 3.23. The number of thiophene rings is 1. The van der Waals surface area contributed by atoms with Crippen LogP contribution in [-0.2, 0) is 0 Å². The summed E-state index contributed by atoms with van der Waals surface area (Å²) in [6.45, 7) is 2.23. The largest absolute Gasteiger partial charge is 0.317 e. The minimum absolute atomic E-state index is 0.656. The molecule has 0 saturated heterocycles. The van der Waals surface area contributed by atoms with Crippen molar-refractivity contribution < 1.29 is 0 Å². The first kappa shape index (κ1) is 11.1. The molecule has 0 saturated carbocycles. The molecule has 0 spiro atoms. The second kappa shape index (κ2) is 6.46. The molecule has 0 bridgehead atoms. The van der Waals surface area contributed by atoms with Gasteiger partial charge in [0.05, 0.1) is 4.21 Å². The Morgan fingerprint density at radius 3 is 3.08 bits per heavy atom. The van der Waals surface area contributed by atoms with E-state index in [1.807, 2.05) is 30.1 Å². The van der Waals surface area contributed by atoms with Crippen LogP contribution in [0.4, 0.5) is 0 Å². The summed E-state index contributed by atoms with van der Waals surface area (Å²) in [6, 6.07) is 4.96. The fourth-order valence-electron chi connectivity index (χ4n) is 1.05. The quantitative estimate of drug-likeness (QED) is 0.577. The minimum Gasteiger partial charge on any atom is -0.317 e. The van der Waals surface area contributed by atoms with Gasteiger partial charge in [-0.2, -0.15) is 0 Å². The zero-order valence-electron chi connectivity index (χ0n) is 8.25. The first-order valence-electron chi connectivity index (χ1n) is 4.66. The van der Waals surface area contributed by atoms with Crippen LogP contribution in [0.2, 0.25) is 0 Å². The molecule has 0 aliphatic carbocycles. The molecule has 1 rings (SSSR count). The lowest BCUT2D eigenvalue weighted by Crippen LogP contribution is -2.20. The molecule has 1 unspecified atom stereocenters. The molecule has 74 valence electrons. The van der Waals surface area contributed by atoms with Crippen molar-refractivity contribution >= 4 is 23.1 Å². The molecule has 0 aliphatic rings. The maximum atomic E-state index is 3.25. The van der Waals surface area contributed by atoms with Crippen LogP contribution >= 0.6 is 23.1 Å². The first-order chi connectivity index (χ1) is 6.33. The summed E-state index contributed by atoms with van der Waals surface area (Å²) < 4.78 is 1.44. The van der Waals surface area contributed by atoms with E-state index in [-0.39, 0.29) is 0 Å². The van der Waals surface area contributed by atoms with Gasteiger partial charge in [0, 0.05) is 6.04 Å². The van der Waals surface area contributed by atoms with E-state index in [1.165, 1.54) is 22.8 Å². The monoisotopic (exact) mass is 215 g/mol. The number of hydrogen-bond donors (Lipinski definition) is 1. The summed E-state index contributed by atoms with van der Waals surface area (Å²) in [5.41, 5.74) is 0. The Morgan fingerprint density at radius 2 is 2.46 bits per heavy atom. The van der Waals surface area contributed by atoms with Crippen LogP contribution < -0.4 is 5.32 Å². The highest BCUT2D eigenvalue weighted by atomic mass is 32.2. The van der Waals surface area contributed by atoms with Crippen LogP contribution in [0.5, 0.6) is 0 Å². The van der Waals surface area contributed by atoms with Gasteiger partial charge in [0.15, 0.2) is 0 Å². The van der Waals surface area contributed by atoms with Gasteiger partial charge >= 0.3 is 0 Å². The third kappa shape index (κ3) is 4.69.